The van der Waals surface area contributed by atoms with E-state index in [0.29, 0.717) is 0 Å². The highest BCUT2D eigenvalue weighted by Gasteiger charge is 2.49. The van der Waals surface area contributed by atoms with E-state index in [9.17, 15) is 21.6 Å². The lowest BCUT2D eigenvalue weighted by molar-refractivity contribution is -0.131. The van der Waals surface area contributed by atoms with Crippen LogP contribution in [-0.4, -0.2) is 14.6 Å². The molecule has 2 nitrogen and oxygen atoms in total. The normalized spacial score (nSPS) is 14.8. The van der Waals surface area contributed by atoms with Crippen LogP contribution < -0.4 is 0 Å². The van der Waals surface area contributed by atoms with Crippen LogP contribution in [0.4, 0.5) is 13.2 Å². The maximum absolute atomic E-state index is 12.5. The van der Waals surface area contributed by atoms with Crippen molar-refractivity contribution in [2.45, 2.75) is 18.3 Å². The molecule has 16 heavy (non-hydrogen) atoms. The van der Waals surface area contributed by atoms with E-state index in [4.69, 9.17) is 10.7 Å². The van der Waals surface area contributed by atoms with Crippen LogP contribution in [0, 0.1) is 6.92 Å². The van der Waals surface area contributed by atoms with E-state index in [-0.39, 0.29) is 5.56 Å². The van der Waals surface area contributed by atoms with E-state index in [1.54, 1.807) is 6.92 Å². The van der Waals surface area contributed by atoms with Gasteiger partial charge in [-0.3, -0.25) is 0 Å². The van der Waals surface area contributed by atoms with Crippen molar-refractivity contribution in [1.82, 2.24) is 0 Å². The zero-order valence-electron chi connectivity index (χ0n) is 8.12. The molecule has 0 saturated carbocycles. The maximum Gasteiger partial charge on any atom is 0.410 e. The molecule has 1 aromatic rings. The quantitative estimate of drug-likeness (QED) is 0.775. The molecule has 1 aromatic carbocycles. The van der Waals surface area contributed by atoms with E-state index >= 15 is 0 Å². The second kappa shape index (κ2) is 4.25. The second-order valence-electron chi connectivity index (χ2n) is 3.31. The molecule has 0 saturated heterocycles. The fourth-order valence-electron chi connectivity index (χ4n) is 1.25. The molecule has 0 bridgehead atoms. The van der Waals surface area contributed by atoms with E-state index in [1.807, 2.05) is 0 Å². The molecule has 0 aromatic heterocycles. The maximum atomic E-state index is 12.5. The van der Waals surface area contributed by atoms with Crippen LogP contribution in [0.5, 0.6) is 0 Å². The summed E-state index contributed by atoms with van der Waals surface area (Å²) in [5, 5.41) is -2.68. The lowest BCUT2D eigenvalue weighted by Gasteiger charge is -2.17. The molecule has 0 spiro atoms. The van der Waals surface area contributed by atoms with Gasteiger partial charge in [-0.2, -0.15) is 13.2 Å². The minimum atomic E-state index is -4.92. The average molecular weight is 273 g/mol. The summed E-state index contributed by atoms with van der Waals surface area (Å²) >= 11 is 0. The Morgan fingerprint density at radius 1 is 1.19 bits per heavy atom. The first-order valence-electron chi connectivity index (χ1n) is 4.19. The Kier molecular flexibility index (Phi) is 3.54. The van der Waals surface area contributed by atoms with Gasteiger partial charge in [0, 0.05) is 10.7 Å². The summed E-state index contributed by atoms with van der Waals surface area (Å²) < 4.78 is 59.4. The van der Waals surface area contributed by atoms with Crippen LogP contribution in [0.15, 0.2) is 24.3 Å². The molecule has 0 amide bonds. The summed E-state index contributed by atoms with van der Waals surface area (Å²) in [6.45, 7) is 1.68. The monoisotopic (exact) mass is 272 g/mol. The van der Waals surface area contributed by atoms with Crippen molar-refractivity contribution in [1.29, 1.82) is 0 Å². The van der Waals surface area contributed by atoms with Crippen LogP contribution in [0.3, 0.4) is 0 Å². The molecule has 0 N–H and O–H groups in total. The third-order valence-corrected chi connectivity index (χ3v) is 3.60. The topological polar surface area (TPSA) is 34.1 Å². The van der Waals surface area contributed by atoms with Gasteiger partial charge in [0.15, 0.2) is 5.25 Å². The zero-order valence-corrected chi connectivity index (χ0v) is 9.70. The highest BCUT2D eigenvalue weighted by atomic mass is 35.7. The molecule has 0 aliphatic carbocycles. The van der Waals surface area contributed by atoms with Gasteiger partial charge in [-0.05, 0) is 12.5 Å². The summed E-state index contributed by atoms with van der Waals surface area (Å²) in [5.74, 6) is 0. The predicted octanol–water partition coefficient (Wildman–Crippen LogP) is 3.17. The van der Waals surface area contributed by atoms with Crippen LogP contribution >= 0.6 is 10.7 Å². The Morgan fingerprint density at radius 2 is 1.62 bits per heavy atom. The van der Waals surface area contributed by atoms with Crippen molar-refractivity contribution in [2.75, 3.05) is 0 Å². The first-order chi connectivity index (χ1) is 7.12. The number of halogens is 4. The third-order valence-electron chi connectivity index (χ3n) is 1.96. The van der Waals surface area contributed by atoms with Crippen LogP contribution in [0.25, 0.3) is 0 Å². The van der Waals surface area contributed by atoms with Gasteiger partial charge in [-0.25, -0.2) is 8.42 Å². The lowest BCUT2D eigenvalue weighted by atomic mass is 10.1. The van der Waals surface area contributed by atoms with E-state index in [0.717, 1.165) is 17.7 Å². The van der Waals surface area contributed by atoms with Gasteiger partial charge in [0.05, 0.1) is 0 Å². The van der Waals surface area contributed by atoms with E-state index < -0.39 is 20.5 Å². The van der Waals surface area contributed by atoms with Crippen LogP contribution in [0.1, 0.15) is 16.4 Å². The van der Waals surface area contributed by atoms with Crippen molar-refractivity contribution in [3.05, 3.63) is 35.4 Å². The first kappa shape index (κ1) is 13.3. The van der Waals surface area contributed by atoms with E-state index in [1.165, 1.54) is 12.1 Å². The number of benzene rings is 1. The van der Waals surface area contributed by atoms with Crippen molar-refractivity contribution in [2.24, 2.45) is 0 Å². The van der Waals surface area contributed by atoms with Crippen molar-refractivity contribution >= 4 is 19.7 Å². The Hall–Kier alpha value is -0.750. The van der Waals surface area contributed by atoms with Gasteiger partial charge in [0.2, 0.25) is 9.05 Å². The van der Waals surface area contributed by atoms with Crippen LogP contribution in [-0.2, 0) is 9.05 Å². The molecule has 0 fully saturated rings. The zero-order chi connectivity index (χ0) is 12.6. The molecule has 1 rings (SSSR count). The minimum Gasteiger partial charge on any atom is -0.211 e. The summed E-state index contributed by atoms with van der Waals surface area (Å²) in [7, 11) is 0.0691. The Bertz CT molecular complexity index is 465. The summed E-state index contributed by atoms with van der Waals surface area (Å²) in [5.41, 5.74) is 0.352. The molecule has 1 atom stereocenters. The van der Waals surface area contributed by atoms with Crippen molar-refractivity contribution in [3.8, 4) is 0 Å². The molecule has 90 valence electrons. The Balaban J connectivity index is 3.29. The second-order valence-corrected chi connectivity index (χ2v) is 6.02. The SMILES string of the molecule is Cc1ccc(C(C(F)(F)F)S(=O)(=O)Cl)cc1. The Morgan fingerprint density at radius 3 is 1.94 bits per heavy atom. The van der Waals surface area contributed by atoms with Gasteiger partial charge in [-0.15, -0.1) is 0 Å². The van der Waals surface area contributed by atoms with Gasteiger partial charge in [-0.1, -0.05) is 29.8 Å². The lowest BCUT2D eigenvalue weighted by Crippen LogP contribution is -2.25. The van der Waals surface area contributed by atoms with Gasteiger partial charge < -0.3 is 0 Å². The summed E-state index contributed by atoms with van der Waals surface area (Å²) in [6.07, 6.45) is -4.92. The molecule has 1 unspecified atom stereocenters. The predicted molar refractivity (Wildman–Crippen MR) is 54.7 cm³/mol. The van der Waals surface area contributed by atoms with Gasteiger partial charge >= 0.3 is 6.18 Å². The van der Waals surface area contributed by atoms with Crippen molar-refractivity contribution in [3.63, 3.8) is 0 Å². The Labute approximate surface area is 95.5 Å². The number of aryl methyl sites for hydroxylation is 1. The third kappa shape index (κ3) is 3.12. The summed E-state index contributed by atoms with van der Waals surface area (Å²) in [6, 6.07) is 5.01. The fourth-order valence-corrected chi connectivity index (χ4v) is 2.67. The highest BCUT2D eigenvalue weighted by Crippen LogP contribution is 2.40. The molecular formula is C9H8ClF3O2S. The smallest absolute Gasteiger partial charge is 0.211 e. The standard InChI is InChI=1S/C9H8ClF3O2S/c1-6-2-4-7(5-3-6)8(9(11,12)13)16(10,14)15/h2-5,8H,1H3. The molecular weight excluding hydrogens is 265 g/mol. The largest absolute Gasteiger partial charge is 0.410 e. The average Bonchev–Trinajstić information content (AvgIpc) is 2.03. The molecule has 0 radical (unpaired) electrons. The number of hydrogen-bond donors (Lipinski definition) is 0. The van der Waals surface area contributed by atoms with Crippen LogP contribution in [0.2, 0.25) is 0 Å². The fraction of sp³-hybridized carbons (Fsp3) is 0.333. The van der Waals surface area contributed by atoms with Gasteiger partial charge in [0.1, 0.15) is 0 Å². The number of alkyl halides is 3. The molecule has 0 heterocycles. The molecule has 0 aliphatic heterocycles. The summed E-state index contributed by atoms with van der Waals surface area (Å²) in [4.78, 5) is 0. The highest BCUT2D eigenvalue weighted by molar-refractivity contribution is 8.14. The van der Waals surface area contributed by atoms with Crippen molar-refractivity contribution < 1.29 is 21.6 Å². The minimum absolute atomic E-state index is 0.381. The first-order valence-corrected chi connectivity index (χ1v) is 6.56. The van der Waals surface area contributed by atoms with E-state index in [2.05, 4.69) is 0 Å². The molecule has 0 aliphatic rings. The number of hydrogen-bond acceptors (Lipinski definition) is 2. The molecule has 7 heteroatoms. The number of rotatable bonds is 2. The van der Waals surface area contributed by atoms with Gasteiger partial charge in [0.25, 0.3) is 0 Å².